The predicted octanol–water partition coefficient (Wildman–Crippen LogP) is 2.92. The van der Waals surface area contributed by atoms with Crippen LogP contribution in [-0.2, 0) is 9.59 Å². The summed E-state index contributed by atoms with van der Waals surface area (Å²) in [5, 5.41) is 0. The van der Waals surface area contributed by atoms with Crippen molar-refractivity contribution >= 4 is 12.2 Å². The SMILES string of the molecule is CC(C)C1=CC=C(N=C=O)CC1(N=C=O)C(C)C. The summed E-state index contributed by atoms with van der Waals surface area (Å²) in [5.74, 6) is 0.390. The van der Waals surface area contributed by atoms with Crippen LogP contribution in [0.25, 0.3) is 0 Å². The Morgan fingerprint density at radius 2 is 1.83 bits per heavy atom. The quantitative estimate of drug-likeness (QED) is 0.565. The largest absolute Gasteiger partial charge is 0.240 e. The van der Waals surface area contributed by atoms with Crippen LogP contribution in [0.4, 0.5) is 0 Å². The summed E-state index contributed by atoms with van der Waals surface area (Å²) in [6, 6.07) is 0. The van der Waals surface area contributed by atoms with E-state index in [2.05, 4.69) is 23.8 Å². The summed E-state index contributed by atoms with van der Waals surface area (Å²) in [5.41, 5.74) is 1.04. The molecule has 1 rings (SSSR count). The van der Waals surface area contributed by atoms with Gasteiger partial charge in [-0.2, -0.15) is 9.98 Å². The van der Waals surface area contributed by atoms with Crippen LogP contribution in [0.3, 0.4) is 0 Å². The van der Waals surface area contributed by atoms with E-state index in [-0.39, 0.29) is 11.8 Å². The lowest BCUT2D eigenvalue weighted by atomic mass is 9.70. The van der Waals surface area contributed by atoms with E-state index < -0.39 is 5.54 Å². The number of aliphatic imine (C=N–C) groups is 2. The summed E-state index contributed by atoms with van der Waals surface area (Å²) in [4.78, 5) is 28.8. The van der Waals surface area contributed by atoms with Gasteiger partial charge in [-0.25, -0.2) is 9.59 Å². The Hall–Kier alpha value is -1.76. The van der Waals surface area contributed by atoms with Crippen molar-refractivity contribution in [3.63, 3.8) is 0 Å². The standard InChI is InChI=1S/C14H18N2O2/c1-10(2)13-6-5-12(15-8-17)7-14(13,11(3)4)16-9-18/h5-6,10-11H,7H2,1-4H3. The fourth-order valence-corrected chi connectivity index (χ4v) is 2.45. The van der Waals surface area contributed by atoms with Gasteiger partial charge in [-0.05, 0) is 23.5 Å². The zero-order valence-corrected chi connectivity index (χ0v) is 11.2. The van der Waals surface area contributed by atoms with Gasteiger partial charge in [-0.1, -0.05) is 33.8 Å². The number of isocyanates is 2. The molecule has 0 aliphatic heterocycles. The van der Waals surface area contributed by atoms with Gasteiger partial charge < -0.3 is 0 Å². The van der Waals surface area contributed by atoms with E-state index >= 15 is 0 Å². The molecule has 0 bridgehead atoms. The van der Waals surface area contributed by atoms with Crippen molar-refractivity contribution in [1.29, 1.82) is 0 Å². The third kappa shape index (κ3) is 2.56. The number of hydrogen-bond donors (Lipinski definition) is 0. The first-order valence-corrected chi connectivity index (χ1v) is 6.06. The Balaban J connectivity index is 3.39. The summed E-state index contributed by atoms with van der Waals surface area (Å²) >= 11 is 0. The van der Waals surface area contributed by atoms with Gasteiger partial charge in [0.05, 0.1) is 5.70 Å². The second-order valence-corrected chi connectivity index (χ2v) is 5.10. The van der Waals surface area contributed by atoms with Crippen molar-refractivity contribution in [3.05, 3.63) is 23.4 Å². The molecule has 4 heteroatoms. The van der Waals surface area contributed by atoms with E-state index in [0.29, 0.717) is 12.1 Å². The molecule has 0 amide bonds. The smallest absolute Gasteiger partial charge is 0.211 e. The van der Waals surface area contributed by atoms with Crippen molar-refractivity contribution in [3.8, 4) is 0 Å². The van der Waals surface area contributed by atoms with Crippen molar-refractivity contribution in [2.45, 2.75) is 39.7 Å². The number of hydrogen-bond acceptors (Lipinski definition) is 4. The van der Waals surface area contributed by atoms with Gasteiger partial charge in [0.15, 0.2) is 0 Å². The highest BCUT2D eigenvalue weighted by atomic mass is 16.1. The molecule has 0 saturated heterocycles. The first-order valence-electron chi connectivity index (χ1n) is 6.06. The fraction of sp³-hybridized carbons (Fsp3) is 0.571. The molecule has 0 aromatic heterocycles. The number of rotatable bonds is 4. The van der Waals surface area contributed by atoms with Crippen LogP contribution in [0.15, 0.2) is 33.4 Å². The third-order valence-electron chi connectivity index (χ3n) is 3.42. The molecule has 0 heterocycles. The zero-order chi connectivity index (χ0) is 13.8. The fourth-order valence-electron chi connectivity index (χ4n) is 2.45. The molecule has 0 aromatic rings. The van der Waals surface area contributed by atoms with E-state index in [9.17, 15) is 9.59 Å². The monoisotopic (exact) mass is 246 g/mol. The maximum absolute atomic E-state index is 10.8. The third-order valence-corrected chi connectivity index (χ3v) is 3.42. The average molecular weight is 246 g/mol. The normalized spacial score (nSPS) is 23.0. The minimum Gasteiger partial charge on any atom is -0.211 e. The Bertz CT molecular complexity index is 476. The lowest BCUT2D eigenvalue weighted by Gasteiger charge is -2.38. The lowest BCUT2D eigenvalue weighted by molar-refractivity contribution is 0.332. The highest BCUT2D eigenvalue weighted by Crippen LogP contribution is 2.42. The molecule has 0 fully saturated rings. The van der Waals surface area contributed by atoms with Crippen LogP contribution in [0, 0.1) is 11.8 Å². The Labute approximate surface area is 107 Å². The van der Waals surface area contributed by atoms with Gasteiger partial charge in [0, 0.05) is 6.42 Å². The minimum absolute atomic E-state index is 0.123. The van der Waals surface area contributed by atoms with E-state index in [4.69, 9.17) is 0 Å². The molecule has 0 saturated carbocycles. The molecular weight excluding hydrogens is 228 g/mol. The number of allylic oxidation sites excluding steroid dienone is 2. The lowest BCUT2D eigenvalue weighted by Crippen LogP contribution is -2.39. The molecule has 0 spiro atoms. The van der Waals surface area contributed by atoms with Crippen molar-refractivity contribution in [2.75, 3.05) is 0 Å². The van der Waals surface area contributed by atoms with Crippen LogP contribution in [0.1, 0.15) is 34.1 Å². The highest BCUT2D eigenvalue weighted by Gasteiger charge is 2.41. The van der Waals surface area contributed by atoms with E-state index in [0.717, 1.165) is 5.57 Å². The molecule has 0 radical (unpaired) electrons. The molecule has 1 unspecified atom stereocenters. The number of nitrogens with zero attached hydrogens (tertiary/aromatic N) is 2. The summed E-state index contributed by atoms with van der Waals surface area (Å²) < 4.78 is 0. The topological polar surface area (TPSA) is 58.9 Å². The first kappa shape index (κ1) is 14.3. The molecule has 1 aliphatic rings. The molecule has 0 N–H and O–H groups in total. The van der Waals surface area contributed by atoms with E-state index in [1.165, 1.54) is 6.08 Å². The molecule has 4 nitrogen and oxygen atoms in total. The molecule has 18 heavy (non-hydrogen) atoms. The second kappa shape index (κ2) is 5.72. The van der Waals surface area contributed by atoms with Gasteiger partial charge in [0.25, 0.3) is 0 Å². The van der Waals surface area contributed by atoms with Crippen LogP contribution in [-0.4, -0.2) is 17.7 Å². The van der Waals surface area contributed by atoms with Crippen molar-refractivity contribution < 1.29 is 9.59 Å². The number of carbonyl (C=O) groups excluding carboxylic acids is 2. The maximum Gasteiger partial charge on any atom is 0.240 e. The first-order chi connectivity index (χ1) is 8.47. The van der Waals surface area contributed by atoms with Crippen LogP contribution < -0.4 is 0 Å². The Kier molecular flexibility index (Phi) is 4.55. The van der Waals surface area contributed by atoms with Gasteiger partial charge in [0.2, 0.25) is 12.2 Å². The molecule has 1 aliphatic carbocycles. The Morgan fingerprint density at radius 1 is 1.17 bits per heavy atom. The summed E-state index contributed by atoms with van der Waals surface area (Å²) in [7, 11) is 0. The zero-order valence-electron chi connectivity index (χ0n) is 11.2. The second-order valence-electron chi connectivity index (χ2n) is 5.10. The van der Waals surface area contributed by atoms with Gasteiger partial charge >= 0.3 is 0 Å². The van der Waals surface area contributed by atoms with Crippen molar-refractivity contribution in [1.82, 2.24) is 0 Å². The summed E-state index contributed by atoms with van der Waals surface area (Å²) in [6.45, 7) is 8.13. The van der Waals surface area contributed by atoms with Gasteiger partial charge in [-0.15, -0.1) is 0 Å². The predicted molar refractivity (Wildman–Crippen MR) is 69.4 cm³/mol. The maximum atomic E-state index is 10.8. The Morgan fingerprint density at radius 3 is 2.28 bits per heavy atom. The highest BCUT2D eigenvalue weighted by molar-refractivity contribution is 5.46. The van der Waals surface area contributed by atoms with Crippen molar-refractivity contribution in [2.24, 2.45) is 21.8 Å². The van der Waals surface area contributed by atoms with E-state index in [1.54, 1.807) is 12.2 Å². The average Bonchev–Trinajstić information content (AvgIpc) is 2.29. The van der Waals surface area contributed by atoms with Crippen LogP contribution in [0.2, 0.25) is 0 Å². The van der Waals surface area contributed by atoms with Gasteiger partial charge in [-0.3, -0.25) is 0 Å². The molecular formula is C14H18N2O2. The summed E-state index contributed by atoms with van der Waals surface area (Å²) in [6.07, 6.45) is 7.36. The van der Waals surface area contributed by atoms with Crippen LogP contribution >= 0.6 is 0 Å². The van der Waals surface area contributed by atoms with E-state index in [1.807, 2.05) is 19.9 Å². The van der Waals surface area contributed by atoms with Crippen LogP contribution in [0.5, 0.6) is 0 Å². The molecule has 1 atom stereocenters. The molecule has 96 valence electrons. The van der Waals surface area contributed by atoms with Gasteiger partial charge in [0.1, 0.15) is 5.54 Å². The molecule has 0 aromatic carbocycles. The minimum atomic E-state index is -0.639.